The van der Waals surface area contributed by atoms with Crippen molar-refractivity contribution < 1.29 is 9.66 Å². The first-order valence-electron chi connectivity index (χ1n) is 10.3. The summed E-state index contributed by atoms with van der Waals surface area (Å²) in [4.78, 5) is 13.2. The fourth-order valence-corrected chi connectivity index (χ4v) is 4.73. The lowest BCUT2D eigenvalue weighted by Crippen LogP contribution is -2.30. The van der Waals surface area contributed by atoms with Crippen LogP contribution in [0.5, 0.6) is 5.75 Å². The number of ether oxygens (including phenoxy) is 1. The fraction of sp³-hybridized carbons (Fsp3) is 0.364. The van der Waals surface area contributed by atoms with E-state index in [-0.39, 0.29) is 5.69 Å². The van der Waals surface area contributed by atoms with Crippen molar-refractivity contribution in [3.05, 3.63) is 70.0 Å². The molecule has 1 aliphatic heterocycles. The van der Waals surface area contributed by atoms with Crippen LogP contribution in [0.3, 0.4) is 0 Å². The number of thioether (sulfide) groups is 1. The SMILES string of the molecule is COc1ccc([N+](=O)[O-])cc1CSc1nnc(CN2CCCCC2)n1-c1ccccc1. The molecule has 8 nitrogen and oxygen atoms in total. The predicted molar refractivity (Wildman–Crippen MR) is 120 cm³/mol. The van der Waals surface area contributed by atoms with Gasteiger partial charge in [0.25, 0.3) is 5.69 Å². The van der Waals surface area contributed by atoms with Crippen molar-refractivity contribution in [3.63, 3.8) is 0 Å². The molecular formula is C22H25N5O3S. The summed E-state index contributed by atoms with van der Waals surface area (Å²) in [6.45, 7) is 2.91. The standard InChI is InChI=1S/C22H25N5O3S/c1-30-20-11-10-19(27(28)29)14-17(20)16-31-22-24-23-21(15-25-12-6-3-7-13-25)26(22)18-8-4-2-5-9-18/h2,4-5,8-11,14H,3,6-7,12-13,15-16H2,1H3. The summed E-state index contributed by atoms with van der Waals surface area (Å²) in [6, 6.07) is 14.7. The first-order valence-corrected chi connectivity index (χ1v) is 11.3. The molecule has 162 valence electrons. The van der Waals surface area contributed by atoms with Gasteiger partial charge in [0.1, 0.15) is 5.75 Å². The average molecular weight is 440 g/mol. The molecule has 9 heteroatoms. The van der Waals surface area contributed by atoms with Gasteiger partial charge in [0.15, 0.2) is 11.0 Å². The largest absolute Gasteiger partial charge is 0.496 e. The molecule has 31 heavy (non-hydrogen) atoms. The molecule has 1 aliphatic rings. The molecule has 0 unspecified atom stereocenters. The Labute approximate surface area is 185 Å². The number of hydrogen-bond acceptors (Lipinski definition) is 7. The third-order valence-corrected chi connectivity index (χ3v) is 6.34. The van der Waals surface area contributed by atoms with Crippen molar-refractivity contribution in [2.45, 2.75) is 36.7 Å². The summed E-state index contributed by atoms with van der Waals surface area (Å²) in [7, 11) is 1.57. The number of nitrogens with zero attached hydrogens (tertiary/aromatic N) is 5. The molecule has 2 aromatic carbocycles. The van der Waals surface area contributed by atoms with Crippen molar-refractivity contribution in [2.24, 2.45) is 0 Å². The summed E-state index contributed by atoms with van der Waals surface area (Å²) >= 11 is 1.50. The number of hydrogen-bond donors (Lipinski definition) is 0. The van der Waals surface area contributed by atoms with Crippen molar-refractivity contribution >= 4 is 17.4 Å². The molecule has 1 aromatic heterocycles. The Bertz CT molecular complexity index is 1030. The van der Waals surface area contributed by atoms with Crippen molar-refractivity contribution in [3.8, 4) is 11.4 Å². The van der Waals surface area contributed by atoms with E-state index in [1.165, 1.54) is 37.1 Å². The lowest BCUT2D eigenvalue weighted by Gasteiger charge is -2.26. The van der Waals surface area contributed by atoms with Gasteiger partial charge < -0.3 is 4.74 Å². The van der Waals surface area contributed by atoms with Gasteiger partial charge in [0.2, 0.25) is 0 Å². The molecule has 1 saturated heterocycles. The zero-order valence-corrected chi connectivity index (χ0v) is 18.3. The van der Waals surface area contributed by atoms with Gasteiger partial charge in [-0.05, 0) is 44.1 Å². The third kappa shape index (κ3) is 5.05. The van der Waals surface area contributed by atoms with Gasteiger partial charge in [0.05, 0.1) is 18.6 Å². The van der Waals surface area contributed by atoms with E-state index in [1.54, 1.807) is 19.2 Å². The van der Waals surface area contributed by atoms with E-state index in [4.69, 9.17) is 4.74 Å². The smallest absolute Gasteiger partial charge is 0.270 e. The van der Waals surface area contributed by atoms with Gasteiger partial charge in [-0.3, -0.25) is 19.6 Å². The van der Waals surface area contributed by atoms with Gasteiger partial charge in [0, 0.05) is 29.1 Å². The molecule has 0 bridgehead atoms. The van der Waals surface area contributed by atoms with Gasteiger partial charge in [-0.15, -0.1) is 10.2 Å². The molecular weight excluding hydrogens is 414 g/mol. The number of para-hydroxylation sites is 1. The van der Waals surface area contributed by atoms with E-state index in [9.17, 15) is 10.1 Å². The minimum absolute atomic E-state index is 0.0479. The average Bonchev–Trinajstić information content (AvgIpc) is 3.20. The van der Waals surface area contributed by atoms with E-state index in [0.717, 1.165) is 41.9 Å². The van der Waals surface area contributed by atoms with Crippen LogP contribution in [-0.4, -0.2) is 44.8 Å². The number of nitro benzene ring substituents is 1. The second-order valence-electron chi connectivity index (χ2n) is 7.45. The minimum Gasteiger partial charge on any atom is -0.496 e. The van der Waals surface area contributed by atoms with Crippen LogP contribution in [0, 0.1) is 10.1 Å². The van der Waals surface area contributed by atoms with Crippen molar-refractivity contribution in [2.75, 3.05) is 20.2 Å². The molecule has 3 aromatic rings. The lowest BCUT2D eigenvalue weighted by molar-refractivity contribution is -0.384. The van der Waals surface area contributed by atoms with Crippen LogP contribution in [0.15, 0.2) is 53.7 Å². The van der Waals surface area contributed by atoms with Gasteiger partial charge in [-0.25, -0.2) is 0 Å². The monoisotopic (exact) mass is 439 g/mol. The lowest BCUT2D eigenvalue weighted by atomic mass is 10.1. The Kier molecular flexibility index (Phi) is 6.83. The van der Waals surface area contributed by atoms with Crippen LogP contribution < -0.4 is 4.74 Å². The maximum absolute atomic E-state index is 11.2. The number of rotatable bonds is 8. The Hall–Kier alpha value is -2.91. The van der Waals surface area contributed by atoms with Gasteiger partial charge in [-0.2, -0.15) is 0 Å². The summed E-state index contributed by atoms with van der Waals surface area (Å²) in [5, 5.41) is 20.9. The summed E-state index contributed by atoms with van der Waals surface area (Å²) in [5.74, 6) is 2.01. The fourth-order valence-electron chi connectivity index (χ4n) is 3.78. The van der Waals surface area contributed by atoms with Crippen LogP contribution in [0.2, 0.25) is 0 Å². The molecule has 2 heterocycles. The van der Waals surface area contributed by atoms with Crippen LogP contribution in [0.1, 0.15) is 30.7 Å². The number of methoxy groups -OCH3 is 1. The molecule has 0 aliphatic carbocycles. The van der Waals surface area contributed by atoms with Crippen LogP contribution in [0.4, 0.5) is 5.69 Å². The Morgan fingerprint density at radius 2 is 1.87 bits per heavy atom. The number of nitro groups is 1. The highest BCUT2D eigenvalue weighted by Crippen LogP contribution is 2.31. The number of non-ortho nitro benzene ring substituents is 1. The first kappa shape index (κ1) is 21.3. The van der Waals surface area contributed by atoms with Gasteiger partial charge >= 0.3 is 0 Å². The molecule has 1 fully saturated rings. The summed E-state index contributed by atoms with van der Waals surface area (Å²) in [6.07, 6.45) is 3.72. The Balaban J connectivity index is 1.61. The summed E-state index contributed by atoms with van der Waals surface area (Å²) < 4.78 is 7.49. The maximum Gasteiger partial charge on any atom is 0.270 e. The highest BCUT2D eigenvalue weighted by atomic mass is 32.2. The van der Waals surface area contributed by atoms with Gasteiger partial charge in [-0.1, -0.05) is 36.4 Å². The second-order valence-corrected chi connectivity index (χ2v) is 8.39. The van der Waals surface area contributed by atoms with Crippen LogP contribution in [-0.2, 0) is 12.3 Å². The zero-order chi connectivity index (χ0) is 21.6. The predicted octanol–water partition coefficient (Wildman–Crippen LogP) is 4.46. The van der Waals surface area contributed by atoms with Crippen LogP contribution in [0.25, 0.3) is 5.69 Å². The molecule has 0 N–H and O–H groups in total. The zero-order valence-electron chi connectivity index (χ0n) is 17.4. The Morgan fingerprint density at radius 1 is 1.10 bits per heavy atom. The van der Waals surface area contributed by atoms with E-state index in [0.29, 0.717) is 11.5 Å². The molecule has 0 amide bonds. The van der Waals surface area contributed by atoms with Crippen molar-refractivity contribution in [1.82, 2.24) is 19.7 Å². The third-order valence-electron chi connectivity index (χ3n) is 5.36. The van der Waals surface area contributed by atoms with Crippen LogP contribution >= 0.6 is 11.8 Å². The molecule has 0 atom stereocenters. The minimum atomic E-state index is -0.392. The highest BCUT2D eigenvalue weighted by molar-refractivity contribution is 7.98. The molecule has 0 spiro atoms. The first-order chi connectivity index (χ1) is 15.2. The second kappa shape index (κ2) is 9.93. The van der Waals surface area contributed by atoms with E-state index < -0.39 is 4.92 Å². The normalized spacial score (nSPS) is 14.5. The Morgan fingerprint density at radius 3 is 2.58 bits per heavy atom. The molecule has 0 radical (unpaired) electrons. The number of benzene rings is 2. The van der Waals surface area contributed by atoms with E-state index in [2.05, 4.69) is 19.7 Å². The summed E-state index contributed by atoms with van der Waals surface area (Å²) in [5.41, 5.74) is 1.81. The van der Waals surface area contributed by atoms with E-state index in [1.807, 2.05) is 30.3 Å². The number of piperidine rings is 1. The van der Waals surface area contributed by atoms with E-state index >= 15 is 0 Å². The molecule has 0 saturated carbocycles. The topological polar surface area (TPSA) is 86.3 Å². The highest BCUT2D eigenvalue weighted by Gasteiger charge is 2.20. The van der Waals surface area contributed by atoms with Crippen molar-refractivity contribution in [1.29, 1.82) is 0 Å². The number of aromatic nitrogens is 3. The quantitative estimate of drug-likeness (QED) is 0.291. The number of likely N-dealkylation sites (tertiary alicyclic amines) is 1. The maximum atomic E-state index is 11.2. The molecule has 4 rings (SSSR count).